The Morgan fingerprint density at radius 3 is 1.15 bits per heavy atom. The zero-order valence-corrected chi connectivity index (χ0v) is 65.6. The van der Waals surface area contributed by atoms with Crippen LogP contribution in [-0.4, -0.2) is 204 Å². The molecule has 11 rings (SSSR count). The number of rotatable bonds is 33. The molecule has 0 radical (unpaired) electrons. The molecule has 3 fully saturated rings. The Morgan fingerprint density at radius 2 is 0.744 bits per heavy atom. The summed E-state index contributed by atoms with van der Waals surface area (Å²) in [6.45, 7) is -2.31. The van der Waals surface area contributed by atoms with Gasteiger partial charge in [0.05, 0.1) is 65.6 Å². The molecule has 0 bridgehead atoms. The normalized spacial score (nSPS) is 22.9. The summed E-state index contributed by atoms with van der Waals surface area (Å²) in [5.41, 5.74) is -0.548. The van der Waals surface area contributed by atoms with Crippen molar-refractivity contribution < 1.29 is 176 Å². The minimum absolute atomic E-state index is 0. The van der Waals surface area contributed by atoms with Gasteiger partial charge in [-0.15, -0.1) is 0 Å². The number of methoxy groups -OCH3 is 1. The van der Waals surface area contributed by atoms with E-state index < -0.39 is 207 Å². The number of nitrogens with zero attached hydrogens (tertiary/aromatic N) is 1. The molecule has 0 saturated carbocycles. The number of hydrogen-bond acceptors (Lipinski definition) is 31. The second kappa shape index (κ2) is 43.0. The number of aliphatic imine (C=N–C) groups is 1. The molecule has 32 nitrogen and oxygen atoms in total. The van der Waals surface area contributed by atoms with Gasteiger partial charge in [-0.05, 0) is 97.4 Å². The maximum absolute atomic E-state index is 15.3. The van der Waals surface area contributed by atoms with Crippen molar-refractivity contribution in [2.24, 2.45) is 4.99 Å². The summed E-state index contributed by atoms with van der Waals surface area (Å²) in [6.07, 6.45) is -37.8. The fourth-order valence-electron chi connectivity index (χ4n) is 12.2. The van der Waals surface area contributed by atoms with E-state index in [0.717, 1.165) is 7.11 Å². The average molecular weight is 1640 g/mol. The summed E-state index contributed by atoms with van der Waals surface area (Å²) in [7, 11) is -5.14. The van der Waals surface area contributed by atoms with Crippen molar-refractivity contribution in [1.29, 1.82) is 0 Å². The molecule has 34 heteroatoms. The van der Waals surface area contributed by atoms with Crippen LogP contribution in [0.15, 0.2) is 248 Å². The molecule has 1 N–H and O–H groups in total. The third-order valence-electron chi connectivity index (χ3n) is 17.7. The number of hydrogen-bond donors (Lipinski definition) is 1. The molecular weight excluding hydrogens is 1560 g/mol. The van der Waals surface area contributed by atoms with E-state index in [-0.39, 0.29) is 75.1 Å². The molecule has 3 aliphatic heterocycles. The number of ether oxygens (including phenoxy) is 16. The van der Waals surface area contributed by atoms with Crippen molar-refractivity contribution in [3.63, 3.8) is 0 Å². The molecule has 0 unspecified atom stereocenters. The van der Waals surface area contributed by atoms with E-state index in [2.05, 4.69) is 4.99 Å². The van der Waals surface area contributed by atoms with Gasteiger partial charge in [0.25, 0.3) is 0 Å². The van der Waals surface area contributed by atoms with Gasteiger partial charge in [0.1, 0.15) is 55.6 Å². The van der Waals surface area contributed by atoms with Crippen LogP contribution in [0.1, 0.15) is 97.8 Å². The molecule has 3 saturated heterocycles. The maximum Gasteiger partial charge on any atom is 1.00 e. The summed E-state index contributed by atoms with van der Waals surface area (Å²) in [5.74, 6) is -11.6. The molecule has 0 spiro atoms. The first-order valence-electron chi connectivity index (χ1n) is 36.0. The van der Waals surface area contributed by atoms with E-state index in [9.17, 15) is 61.2 Å². The Bertz CT molecular complexity index is 4800. The third-order valence-corrected chi connectivity index (χ3v) is 18.2. The van der Waals surface area contributed by atoms with Crippen LogP contribution in [0.25, 0.3) is 0 Å². The van der Waals surface area contributed by atoms with Crippen molar-refractivity contribution in [1.82, 2.24) is 0 Å². The van der Waals surface area contributed by atoms with Crippen LogP contribution in [0.5, 0.6) is 0 Å². The molecule has 606 valence electrons. The van der Waals surface area contributed by atoms with Gasteiger partial charge in [0.2, 0.25) is 0 Å². The van der Waals surface area contributed by atoms with Gasteiger partial charge in [0.15, 0.2) is 61.6 Å². The minimum atomic E-state index is -5.99. The minimum Gasteiger partial charge on any atom is -0.596 e. The average Bonchev–Trinajstić information content (AvgIpc) is 0.750. The van der Waals surface area contributed by atoms with Crippen molar-refractivity contribution in [2.45, 2.75) is 118 Å². The van der Waals surface area contributed by atoms with E-state index in [1.165, 1.54) is 195 Å². The zero-order valence-electron chi connectivity index (χ0n) is 62.8. The number of carbonyl (C=O) groups is 10. The number of benzene rings is 8. The fourth-order valence-corrected chi connectivity index (χ4v) is 12.7. The summed E-state index contributed by atoms with van der Waals surface area (Å²) in [6, 6.07) is 58.4. The Morgan fingerprint density at radius 1 is 0.402 bits per heavy atom. The van der Waals surface area contributed by atoms with Crippen LogP contribution >= 0.6 is 0 Å². The molecule has 15 atom stereocenters. The predicted octanol–water partition coefficient (Wildman–Crippen LogP) is 4.37. The molecule has 8 aromatic carbocycles. The molecule has 0 aliphatic carbocycles. The first-order chi connectivity index (χ1) is 56.1. The van der Waals surface area contributed by atoms with Gasteiger partial charge < -0.3 is 85.7 Å². The number of Topliss-reactive ketones (excluding diaryl/α,β-unsaturated/α-hetero) is 1. The van der Waals surface area contributed by atoms with E-state index >= 15 is 4.79 Å². The largest absolute Gasteiger partial charge is 1.00 e. The monoisotopic (exact) mass is 1640 g/mol. The van der Waals surface area contributed by atoms with Gasteiger partial charge in [-0.1, -0.05) is 158 Å². The number of ketones is 1. The summed E-state index contributed by atoms with van der Waals surface area (Å²) in [5, 5.41) is 13.2. The third kappa shape index (κ3) is 24.8. The molecule has 0 aromatic heterocycles. The predicted molar refractivity (Wildman–Crippen MR) is 395 cm³/mol. The van der Waals surface area contributed by atoms with Crippen LogP contribution in [0.4, 0.5) is 0 Å². The standard InChI is InChI=1S/C83H77NO31S.Na/c1-50(85)43-44-61(86)106-66-67(108-75(90)55-35-19-7-20-36-55)71(111-78(93)58-41-25-10-26-42-58)82(114-68(66)79(94)99-2)113-65-63(115-116(96,97)98)60(49-102-73(88)53-31-15-5-16-32-53)105-81(70(65)110-77(92)57-39-23-9-24-40-57)112-64-62(107-74(89)54-33-17-6-18-34-54)59(48-101-72(87)52-29-13-4-14-30-52)104-80(69(64)109-76(91)56-37-21-8-22-38-56)100-46-45-84-83(95)103-47-51-27-11-3-12-28-51;/h3-42,59-60,62-71,80-82H,43-49H2,1-2H3,(H,84,95)(H,96,97,98);/q;+1/p-1/t59-,60-,62+,63+,64+,65+,66+,67+,68+,69-,70-,71-,80-,81+,82-;/m1./s1. The van der Waals surface area contributed by atoms with E-state index in [4.69, 9.17) is 80.0 Å². The van der Waals surface area contributed by atoms with E-state index in [0.29, 0.717) is 5.56 Å². The van der Waals surface area contributed by atoms with Crippen molar-refractivity contribution in [2.75, 3.05) is 33.5 Å². The Labute approximate surface area is 691 Å². The van der Waals surface area contributed by atoms with E-state index in [1.807, 2.05) is 0 Å². The summed E-state index contributed by atoms with van der Waals surface area (Å²) >= 11 is 0. The Hall–Kier alpha value is -11.4. The van der Waals surface area contributed by atoms with Gasteiger partial charge >= 0.3 is 93.7 Å². The van der Waals surface area contributed by atoms with E-state index in [1.54, 1.807) is 54.6 Å². The van der Waals surface area contributed by atoms with Crippen molar-refractivity contribution in [3.8, 4) is 0 Å². The van der Waals surface area contributed by atoms with Gasteiger partial charge in [-0.25, -0.2) is 42.5 Å². The molecule has 8 aromatic rings. The second-order valence-corrected chi connectivity index (χ2v) is 26.8. The van der Waals surface area contributed by atoms with Crippen LogP contribution in [0, 0.1) is 0 Å². The van der Waals surface area contributed by atoms with Gasteiger partial charge in [-0.3, -0.25) is 14.3 Å². The van der Waals surface area contributed by atoms with Crippen molar-refractivity contribution in [3.05, 3.63) is 287 Å². The number of esters is 9. The fraction of sp³-hybridized carbons (Fsp3) is 0.289. The van der Waals surface area contributed by atoms with Gasteiger partial charge in [0, 0.05) is 13.0 Å². The summed E-state index contributed by atoms with van der Waals surface area (Å²) < 4.78 is 144. The molecule has 117 heavy (non-hydrogen) atoms. The van der Waals surface area contributed by atoms with Crippen LogP contribution < -0.4 is 34.7 Å². The molecule has 3 heterocycles. The topological polar surface area (TPSA) is 417 Å². The van der Waals surface area contributed by atoms with Crippen LogP contribution in [0.3, 0.4) is 0 Å². The first kappa shape index (κ1) is 87.9. The Kier molecular flexibility index (Phi) is 32.3. The molecular formula is C83H76NNaO31S. The van der Waals surface area contributed by atoms with Crippen molar-refractivity contribution >= 4 is 76.0 Å². The summed E-state index contributed by atoms with van der Waals surface area (Å²) in [4.78, 5) is 148. The Balaban J connectivity index is 0.0000144. The van der Waals surface area contributed by atoms with Crippen LogP contribution in [0.2, 0.25) is 0 Å². The number of carbonyl (C=O) groups excluding carboxylic acids is 10. The zero-order chi connectivity index (χ0) is 82.1. The quantitative estimate of drug-likeness (QED) is 0.0113. The smallest absolute Gasteiger partial charge is 0.596 e. The van der Waals surface area contributed by atoms with Gasteiger partial charge in [-0.2, -0.15) is 8.42 Å². The maximum atomic E-state index is 15.3. The second-order valence-electron chi connectivity index (χ2n) is 25.8. The first-order valence-corrected chi connectivity index (χ1v) is 37.4. The SMILES string of the molecule is COC(=O)[C@H]1O[C@@H](O[C@H]2[C@@H](OS(=O)(=O)O)[C@@H](COC(=O)c3ccccc3)O[C@@H](O[C@H]3[C@@H](OC(=O)c4ccccc4)[C@@H](COC(=O)c4ccccc4)O[C@@H](OCCN=C([O-])OCc4ccccc4)[C@@H]3OC(=O)c3ccccc3)[C@@H]2OC(=O)c2ccccc2)[C@H](OC(=O)c2ccccc2)[C@@H](OC(=O)c2ccccc2)[C@@H]1OC(=O)CCC(C)=O.[Na+]. The molecule has 0 amide bonds. The molecule has 3 aliphatic rings. The van der Waals surface area contributed by atoms with Crippen LogP contribution in [-0.2, 0) is 111 Å².